The fraction of sp³-hybridized carbons (Fsp3) is 0.0714. The lowest BCUT2D eigenvalue weighted by Gasteiger charge is -2.10. The Morgan fingerprint density at radius 2 is 2.11 bits per heavy atom. The molecule has 2 aromatic rings. The van der Waals surface area contributed by atoms with Crippen molar-refractivity contribution >= 4 is 23.0 Å². The fourth-order valence-electron chi connectivity index (χ4n) is 1.63. The van der Waals surface area contributed by atoms with E-state index in [1.54, 1.807) is 24.3 Å². The zero-order valence-electron chi connectivity index (χ0n) is 10.1. The Kier molecular flexibility index (Phi) is 3.88. The topological polar surface area (TPSA) is 45.0 Å². The first-order chi connectivity index (χ1) is 9.15. The number of hydrogen-bond donors (Lipinski definition) is 1. The van der Waals surface area contributed by atoms with Crippen LogP contribution in [0.3, 0.4) is 0 Å². The van der Waals surface area contributed by atoms with E-state index in [-0.39, 0.29) is 5.75 Å². The SMILES string of the molecule is COc1cc(Nc2cccc(Cl)c2C#N)ccc1F. The number of nitrogens with zero attached hydrogens (tertiary/aromatic N) is 1. The van der Waals surface area contributed by atoms with Crippen LogP contribution in [-0.4, -0.2) is 7.11 Å². The molecule has 1 N–H and O–H groups in total. The van der Waals surface area contributed by atoms with Crippen molar-refractivity contribution in [1.29, 1.82) is 5.26 Å². The third-order valence-electron chi connectivity index (χ3n) is 2.56. The van der Waals surface area contributed by atoms with Crippen molar-refractivity contribution in [3.63, 3.8) is 0 Å². The molecule has 0 aliphatic heterocycles. The van der Waals surface area contributed by atoms with Crippen molar-refractivity contribution in [2.45, 2.75) is 0 Å². The molecule has 0 bridgehead atoms. The van der Waals surface area contributed by atoms with E-state index >= 15 is 0 Å². The molecular formula is C14H10ClFN2O. The Hall–Kier alpha value is -2.25. The van der Waals surface area contributed by atoms with Crippen molar-refractivity contribution in [3.05, 3.63) is 52.8 Å². The van der Waals surface area contributed by atoms with Crippen molar-refractivity contribution < 1.29 is 9.13 Å². The van der Waals surface area contributed by atoms with Gasteiger partial charge in [-0.05, 0) is 24.3 Å². The summed E-state index contributed by atoms with van der Waals surface area (Å²) in [5, 5.41) is 12.4. The molecule has 0 unspecified atom stereocenters. The molecule has 0 aliphatic rings. The van der Waals surface area contributed by atoms with Gasteiger partial charge in [0.2, 0.25) is 0 Å². The first kappa shape index (κ1) is 13.2. The van der Waals surface area contributed by atoms with Gasteiger partial charge in [0.15, 0.2) is 11.6 Å². The van der Waals surface area contributed by atoms with Crippen LogP contribution >= 0.6 is 11.6 Å². The first-order valence-electron chi connectivity index (χ1n) is 5.45. The van der Waals surface area contributed by atoms with E-state index in [0.717, 1.165) is 0 Å². The zero-order valence-corrected chi connectivity index (χ0v) is 10.8. The number of anilines is 2. The molecule has 0 aromatic heterocycles. The van der Waals surface area contributed by atoms with Crippen molar-refractivity contribution in [2.75, 3.05) is 12.4 Å². The van der Waals surface area contributed by atoms with E-state index in [2.05, 4.69) is 5.32 Å². The van der Waals surface area contributed by atoms with Gasteiger partial charge < -0.3 is 10.1 Å². The Balaban J connectivity index is 2.37. The van der Waals surface area contributed by atoms with Gasteiger partial charge in [0.05, 0.1) is 23.4 Å². The monoisotopic (exact) mass is 276 g/mol. The Morgan fingerprint density at radius 3 is 2.79 bits per heavy atom. The number of methoxy groups -OCH3 is 1. The van der Waals surface area contributed by atoms with Gasteiger partial charge >= 0.3 is 0 Å². The molecule has 0 fully saturated rings. The van der Waals surface area contributed by atoms with Gasteiger partial charge in [-0.3, -0.25) is 0 Å². The number of rotatable bonds is 3. The van der Waals surface area contributed by atoms with Gasteiger partial charge in [0.25, 0.3) is 0 Å². The van der Waals surface area contributed by atoms with Gasteiger partial charge in [-0.1, -0.05) is 17.7 Å². The number of halogens is 2. The number of ether oxygens (including phenoxy) is 1. The van der Waals surface area contributed by atoms with Gasteiger partial charge in [0, 0.05) is 11.8 Å². The summed E-state index contributed by atoms with van der Waals surface area (Å²) in [6.07, 6.45) is 0. The second kappa shape index (κ2) is 5.59. The molecule has 0 aliphatic carbocycles. The van der Waals surface area contributed by atoms with Gasteiger partial charge in [-0.25, -0.2) is 4.39 Å². The summed E-state index contributed by atoms with van der Waals surface area (Å²) in [6.45, 7) is 0. The van der Waals surface area contributed by atoms with Crippen LogP contribution in [0.2, 0.25) is 5.02 Å². The highest BCUT2D eigenvalue weighted by atomic mass is 35.5. The van der Waals surface area contributed by atoms with Crippen LogP contribution in [0.25, 0.3) is 0 Å². The maximum absolute atomic E-state index is 13.3. The number of nitrogens with one attached hydrogen (secondary N) is 1. The van der Waals surface area contributed by atoms with Crippen LogP contribution in [0.4, 0.5) is 15.8 Å². The number of nitriles is 1. The van der Waals surface area contributed by atoms with Gasteiger partial charge in [-0.2, -0.15) is 5.26 Å². The zero-order chi connectivity index (χ0) is 13.8. The molecule has 5 heteroatoms. The molecule has 3 nitrogen and oxygen atoms in total. The predicted molar refractivity (Wildman–Crippen MR) is 72.4 cm³/mol. The Morgan fingerprint density at radius 1 is 1.32 bits per heavy atom. The summed E-state index contributed by atoms with van der Waals surface area (Å²) in [5.41, 5.74) is 1.51. The lowest BCUT2D eigenvalue weighted by atomic mass is 10.2. The minimum absolute atomic E-state index is 0.130. The first-order valence-corrected chi connectivity index (χ1v) is 5.82. The van der Waals surface area contributed by atoms with Crippen LogP contribution < -0.4 is 10.1 Å². The number of benzene rings is 2. The molecule has 2 rings (SSSR count). The summed E-state index contributed by atoms with van der Waals surface area (Å²) >= 11 is 5.93. The smallest absolute Gasteiger partial charge is 0.165 e. The highest BCUT2D eigenvalue weighted by molar-refractivity contribution is 6.32. The lowest BCUT2D eigenvalue weighted by Crippen LogP contribution is -1.96. The van der Waals surface area contributed by atoms with E-state index in [4.69, 9.17) is 21.6 Å². The highest BCUT2D eigenvalue weighted by Crippen LogP contribution is 2.28. The largest absolute Gasteiger partial charge is 0.494 e. The summed E-state index contributed by atoms with van der Waals surface area (Å²) in [7, 11) is 1.39. The van der Waals surface area contributed by atoms with E-state index in [9.17, 15) is 4.39 Å². The van der Waals surface area contributed by atoms with Crippen LogP contribution in [0.15, 0.2) is 36.4 Å². The molecule has 2 aromatic carbocycles. The molecule has 0 radical (unpaired) electrons. The molecule has 0 spiro atoms. The van der Waals surface area contributed by atoms with Crippen LogP contribution in [0, 0.1) is 17.1 Å². The van der Waals surface area contributed by atoms with E-state index in [1.165, 1.54) is 19.2 Å². The Labute approximate surface area is 115 Å². The molecule has 0 saturated heterocycles. The minimum Gasteiger partial charge on any atom is -0.494 e. The van der Waals surface area contributed by atoms with Crippen molar-refractivity contribution in [1.82, 2.24) is 0 Å². The van der Waals surface area contributed by atoms with Crippen LogP contribution in [0.5, 0.6) is 5.75 Å². The second-order valence-corrected chi connectivity index (χ2v) is 4.16. The van der Waals surface area contributed by atoms with E-state index < -0.39 is 5.82 Å². The maximum atomic E-state index is 13.3. The van der Waals surface area contributed by atoms with Gasteiger partial charge in [-0.15, -0.1) is 0 Å². The van der Waals surface area contributed by atoms with Crippen LogP contribution in [0.1, 0.15) is 5.56 Å². The third kappa shape index (κ3) is 2.78. The standard InChI is InChI=1S/C14H10ClFN2O/c1-19-14-7-9(5-6-12(14)16)18-13-4-2-3-11(15)10(13)8-17/h2-7,18H,1H3. The Bertz CT molecular complexity index is 652. The third-order valence-corrected chi connectivity index (χ3v) is 2.87. The molecule has 0 heterocycles. The quantitative estimate of drug-likeness (QED) is 0.918. The molecule has 0 atom stereocenters. The average Bonchev–Trinajstić information content (AvgIpc) is 2.41. The summed E-state index contributed by atoms with van der Waals surface area (Å²) in [5.74, 6) is -0.315. The molecule has 0 amide bonds. The maximum Gasteiger partial charge on any atom is 0.165 e. The summed E-state index contributed by atoms with van der Waals surface area (Å²) < 4.78 is 18.2. The fourth-order valence-corrected chi connectivity index (χ4v) is 1.85. The number of hydrogen-bond acceptors (Lipinski definition) is 3. The average molecular weight is 277 g/mol. The van der Waals surface area contributed by atoms with Crippen molar-refractivity contribution in [2.24, 2.45) is 0 Å². The molecule has 19 heavy (non-hydrogen) atoms. The molecule has 0 saturated carbocycles. The summed E-state index contributed by atoms with van der Waals surface area (Å²) in [6, 6.07) is 11.5. The second-order valence-electron chi connectivity index (χ2n) is 3.75. The normalized spacial score (nSPS) is 9.79. The molecular weight excluding hydrogens is 267 g/mol. The minimum atomic E-state index is -0.445. The highest BCUT2D eigenvalue weighted by Gasteiger charge is 2.08. The van der Waals surface area contributed by atoms with E-state index in [1.807, 2.05) is 6.07 Å². The molecule has 96 valence electrons. The van der Waals surface area contributed by atoms with E-state index in [0.29, 0.717) is 22.0 Å². The van der Waals surface area contributed by atoms with Gasteiger partial charge in [0.1, 0.15) is 6.07 Å². The van der Waals surface area contributed by atoms with Crippen LogP contribution in [-0.2, 0) is 0 Å². The lowest BCUT2D eigenvalue weighted by molar-refractivity contribution is 0.387. The van der Waals surface area contributed by atoms with Crippen molar-refractivity contribution in [3.8, 4) is 11.8 Å². The predicted octanol–water partition coefficient (Wildman–Crippen LogP) is 4.10. The summed E-state index contributed by atoms with van der Waals surface area (Å²) in [4.78, 5) is 0.